The number of rotatable bonds is 10. The third-order valence-corrected chi connectivity index (χ3v) is 6.97. The van der Waals surface area contributed by atoms with Crippen LogP contribution in [0.2, 0.25) is 0 Å². The Hall–Kier alpha value is -2.81. The molecule has 9 nitrogen and oxygen atoms in total. The molecule has 0 unspecified atom stereocenters. The van der Waals surface area contributed by atoms with Crippen LogP contribution in [0.5, 0.6) is 0 Å². The van der Waals surface area contributed by atoms with E-state index in [0.29, 0.717) is 19.0 Å². The highest BCUT2D eigenvalue weighted by Gasteiger charge is 2.29. The second-order valence-electron chi connectivity index (χ2n) is 10.7. The molecule has 2 fully saturated rings. The fraction of sp³-hybridized carbons (Fsp3) is 0.654. The predicted molar refractivity (Wildman–Crippen MR) is 136 cm³/mol. The van der Waals surface area contributed by atoms with Crippen molar-refractivity contribution in [2.45, 2.75) is 65.2 Å². The molecule has 1 aliphatic carbocycles. The highest BCUT2D eigenvalue weighted by atomic mass is 16.5. The zero-order valence-corrected chi connectivity index (χ0v) is 21.1. The first kappa shape index (κ1) is 26.8. The van der Waals surface area contributed by atoms with Gasteiger partial charge in [0, 0.05) is 32.6 Å². The molecule has 35 heavy (non-hydrogen) atoms. The van der Waals surface area contributed by atoms with Crippen molar-refractivity contribution in [1.82, 2.24) is 15.7 Å². The summed E-state index contributed by atoms with van der Waals surface area (Å²) in [6.45, 7) is 6.48. The minimum Gasteiger partial charge on any atom is -0.370 e. The molecule has 0 radical (unpaired) electrons. The van der Waals surface area contributed by atoms with Crippen LogP contribution < -0.4 is 21.0 Å². The second kappa shape index (κ2) is 12.8. The van der Waals surface area contributed by atoms with E-state index in [4.69, 9.17) is 5.21 Å². The predicted octanol–water partition coefficient (Wildman–Crippen LogP) is 3.74. The summed E-state index contributed by atoms with van der Waals surface area (Å²) < 4.78 is 0. The number of hydrogen-bond acceptors (Lipinski definition) is 5. The van der Waals surface area contributed by atoms with E-state index in [9.17, 15) is 14.4 Å². The molecule has 1 aliphatic heterocycles. The van der Waals surface area contributed by atoms with Crippen LogP contribution in [0.3, 0.4) is 0 Å². The van der Waals surface area contributed by atoms with Crippen molar-refractivity contribution in [3.63, 3.8) is 0 Å². The number of carbonyl (C=O) groups excluding carboxylic acids is 3. The third-order valence-electron chi connectivity index (χ3n) is 6.97. The maximum atomic E-state index is 13.1. The molecule has 1 saturated carbocycles. The monoisotopic (exact) mass is 487 g/mol. The van der Waals surface area contributed by atoms with Gasteiger partial charge in [-0.2, -0.15) is 0 Å². The van der Waals surface area contributed by atoms with Gasteiger partial charge in [-0.15, -0.1) is 0 Å². The van der Waals surface area contributed by atoms with Crippen molar-refractivity contribution in [2.75, 3.05) is 42.9 Å². The van der Waals surface area contributed by atoms with Gasteiger partial charge < -0.3 is 20.4 Å². The fourth-order valence-electron chi connectivity index (χ4n) is 5.03. The highest BCUT2D eigenvalue weighted by Crippen LogP contribution is 2.29. The molecule has 0 atom stereocenters. The van der Waals surface area contributed by atoms with Gasteiger partial charge in [-0.3, -0.25) is 14.8 Å². The molecule has 2 aliphatic rings. The summed E-state index contributed by atoms with van der Waals surface area (Å²) in [5, 5.41) is 14.8. The number of nitrogens with zero attached hydrogens (tertiary/aromatic N) is 2. The molecule has 1 saturated heterocycles. The first-order valence-electron chi connectivity index (χ1n) is 12.9. The average Bonchev–Trinajstić information content (AvgIpc) is 3.36. The summed E-state index contributed by atoms with van der Waals surface area (Å²) in [4.78, 5) is 41.4. The lowest BCUT2D eigenvalue weighted by molar-refractivity contribution is -0.141. The molecule has 9 heteroatoms. The number of anilines is 2. The van der Waals surface area contributed by atoms with Gasteiger partial charge in [0.2, 0.25) is 5.91 Å². The summed E-state index contributed by atoms with van der Waals surface area (Å²) in [6, 6.07) is 7.52. The van der Waals surface area contributed by atoms with Gasteiger partial charge in [-0.05, 0) is 55.6 Å². The van der Waals surface area contributed by atoms with Crippen molar-refractivity contribution in [3.05, 3.63) is 24.3 Å². The van der Waals surface area contributed by atoms with Gasteiger partial charge in [0.05, 0.1) is 11.4 Å². The van der Waals surface area contributed by atoms with E-state index in [1.165, 1.54) is 11.3 Å². The van der Waals surface area contributed by atoms with Crippen LogP contribution >= 0.6 is 0 Å². The van der Waals surface area contributed by atoms with Gasteiger partial charge in [-0.25, -0.2) is 10.3 Å². The Morgan fingerprint density at radius 1 is 1.06 bits per heavy atom. The van der Waals surface area contributed by atoms with Gasteiger partial charge in [-0.1, -0.05) is 38.8 Å². The van der Waals surface area contributed by atoms with E-state index in [1.54, 1.807) is 5.48 Å². The average molecular weight is 488 g/mol. The number of piperidine rings is 1. The molecular weight excluding hydrogens is 446 g/mol. The molecule has 3 rings (SSSR count). The van der Waals surface area contributed by atoms with Gasteiger partial charge >= 0.3 is 6.03 Å². The summed E-state index contributed by atoms with van der Waals surface area (Å²) in [7, 11) is 0. The zero-order valence-electron chi connectivity index (χ0n) is 21.1. The number of nitrogens with one attached hydrogen (secondary N) is 3. The lowest BCUT2D eigenvalue weighted by atomic mass is 9.88. The SMILES string of the molecule is CC(C)(CNC(=O)Nc1ccccc1N1CCCCC1)CC(=O)N(CC(=O)NO)CC1CCCC1. The van der Waals surface area contributed by atoms with E-state index < -0.39 is 11.3 Å². The highest BCUT2D eigenvalue weighted by molar-refractivity contribution is 5.93. The van der Waals surface area contributed by atoms with Crippen molar-refractivity contribution >= 4 is 29.2 Å². The van der Waals surface area contributed by atoms with Crippen LogP contribution in [0.4, 0.5) is 16.2 Å². The number of urea groups is 1. The second-order valence-corrected chi connectivity index (χ2v) is 10.7. The Kier molecular flexibility index (Phi) is 9.77. The van der Waals surface area contributed by atoms with Crippen LogP contribution in [0.15, 0.2) is 24.3 Å². The number of hydrogen-bond donors (Lipinski definition) is 4. The van der Waals surface area contributed by atoms with Crippen LogP contribution in [-0.4, -0.2) is 60.7 Å². The smallest absolute Gasteiger partial charge is 0.319 e. The van der Waals surface area contributed by atoms with E-state index >= 15 is 0 Å². The lowest BCUT2D eigenvalue weighted by Crippen LogP contribution is -2.45. The van der Waals surface area contributed by atoms with Gasteiger partial charge in [0.25, 0.3) is 5.91 Å². The van der Waals surface area contributed by atoms with E-state index in [2.05, 4.69) is 15.5 Å². The van der Waals surface area contributed by atoms with Crippen LogP contribution in [0.1, 0.15) is 65.2 Å². The molecule has 1 aromatic carbocycles. The molecule has 1 aromatic rings. The van der Waals surface area contributed by atoms with Crippen molar-refractivity contribution in [2.24, 2.45) is 11.3 Å². The Morgan fingerprint density at radius 2 is 1.74 bits per heavy atom. The van der Waals surface area contributed by atoms with Crippen LogP contribution in [-0.2, 0) is 9.59 Å². The molecule has 194 valence electrons. The normalized spacial score (nSPS) is 16.6. The fourth-order valence-corrected chi connectivity index (χ4v) is 5.03. The van der Waals surface area contributed by atoms with E-state index in [0.717, 1.165) is 63.0 Å². The largest absolute Gasteiger partial charge is 0.370 e. The Morgan fingerprint density at radius 3 is 2.43 bits per heavy atom. The van der Waals surface area contributed by atoms with Gasteiger partial charge in [0.15, 0.2) is 0 Å². The van der Waals surface area contributed by atoms with Crippen molar-refractivity contribution in [3.8, 4) is 0 Å². The number of para-hydroxylation sites is 2. The van der Waals surface area contributed by atoms with Crippen molar-refractivity contribution in [1.29, 1.82) is 0 Å². The molecule has 0 bridgehead atoms. The molecule has 1 heterocycles. The number of hydroxylamine groups is 1. The maximum absolute atomic E-state index is 13.1. The van der Waals surface area contributed by atoms with Crippen LogP contribution in [0, 0.1) is 11.3 Å². The van der Waals surface area contributed by atoms with E-state index in [-0.39, 0.29) is 24.9 Å². The zero-order chi connectivity index (χ0) is 25.3. The van der Waals surface area contributed by atoms with Crippen molar-refractivity contribution < 1.29 is 19.6 Å². The Balaban J connectivity index is 1.54. The first-order valence-corrected chi connectivity index (χ1v) is 12.9. The minimum absolute atomic E-state index is 0.150. The lowest BCUT2D eigenvalue weighted by Gasteiger charge is -2.31. The summed E-state index contributed by atoms with van der Waals surface area (Å²) in [5.74, 6) is -0.361. The number of carbonyl (C=O) groups is 3. The summed E-state index contributed by atoms with van der Waals surface area (Å²) in [6.07, 6.45) is 8.12. The third kappa shape index (κ3) is 8.42. The summed E-state index contributed by atoms with van der Waals surface area (Å²) >= 11 is 0. The summed E-state index contributed by atoms with van der Waals surface area (Å²) in [5.41, 5.74) is 2.92. The van der Waals surface area contributed by atoms with Crippen LogP contribution in [0.25, 0.3) is 0 Å². The Labute approximate surface area is 208 Å². The molecule has 0 spiro atoms. The molecule has 4 amide bonds. The maximum Gasteiger partial charge on any atom is 0.319 e. The Bertz CT molecular complexity index is 863. The topological polar surface area (TPSA) is 114 Å². The number of benzene rings is 1. The molecular formula is C26H41N5O4. The molecule has 4 N–H and O–H groups in total. The van der Waals surface area contributed by atoms with E-state index in [1.807, 2.05) is 38.1 Å². The van der Waals surface area contributed by atoms with Gasteiger partial charge in [0.1, 0.15) is 6.54 Å². The molecule has 0 aromatic heterocycles. The number of amides is 4. The standard InChI is InChI=1S/C26H41N5O4/c1-26(2,16-24(33)31(18-23(32)29-35)17-20-10-4-5-11-20)19-27-25(34)28-21-12-6-7-13-22(21)30-14-8-3-9-15-30/h6-7,12-13,20,35H,3-5,8-11,14-19H2,1-2H3,(H,29,32)(H2,27,28,34). The first-order chi connectivity index (χ1) is 16.8. The minimum atomic E-state index is -0.598. The quantitative estimate of drug-likeness (QED) is 0.297.